The molecule has 0 aliphatic heterocycles. The first-order valence-corrected chi connectivity index (χ1v) is 8.86. The Morgan fingerprint density at radius 3 is 2.40 bits per heavy atom. The van der Waals surface area contributed by atoms with Gasteiger partial charge in [0.1, 0.15) is 0 Å². The van der Waals surface area contributed by atoms with E-state index in [0.29, 0.717) is 16.8 Å². The smallest absolute Gasteiger partial charge is 0.264 e. The van der Waals surface area contributed by atoms with Crippen molar-refractivity contribution in [2.45, 2.75) is 12.7 Å². The van der Waals surface area contributed by atoms with Gasteiger partial charge in [0.25, 0.3) is 5.91 Å². The van der Waals surface area contributed by atoms with E-state index in [1.54, 1.807) is 6.07 Å². The minimum atomic E-state index is -3.91. The van der Waals surface area contributed by atoms with Crippen molar-refractivity contribution in [1.82, 2.24) is 4.72 Å². The normalized spacial score (nSPS) is 10.6. The lowest BCUT2D eigenvalue weighted by molar-refractivity contribution is -0.114. The van der Waals surface area contributed by atoms with Crippen molar-refractivity contribution in [3.63, 3.8) is 0 Å². The molecule has 0 saturated heterocycles. The molecule has 0 spiro atoms. The molecule has 0 aliphatic rings. The molecular weight excluding hydrogens is 342 g/mol. The van der Waals surface area contributed by atoms with Gasteiger partial charge in [-0.25, -0.2) is 13.1 Å². The maximum absolute atomic E-state index is 12.1. The van der Waals surface area contributed by atoms with Crippen LogP contribution in [0.4, 0.5) is 5.69 Å². The van der Waals surface area contributed by atoms with Gasteiger partial charge in [0.15, 0.2) is 0 Å². The molecule has 0 aliphatic carbocycles. The van der Waals surface area contributed by atoms with Crippen LogP contribution in [0.5, 0.6) is 0 Å². The highest BCUT2D eigenvalue weighted by molar-refractivity contribution is 7.89. The Morgan fingerprint density at radius 1 is 1.12 bits per heavy atom. The number of rotatable bonds is 5. The molecule has 25 heavy (non-hydrogen) atoms. The Labute approximate surface area is 145 Å². The highest BCUT2D eigenvalue weighted by Gasteiger charge is 2.17. The van der Waals surface area contributed by atoms with E-state index in [-0.39, 0.29) is 11.5 Å². The van der Waals surface area contributed by atoms with E-state index < -0.39 is 21.7 Å². The van der Waals surface area contributed by atoms with Crippen LogP contribution in [0.3, 0.4) is 0 Å². The van der Waals surface area contributed by atoms with E-state index in [0.717, 1.165) is 0 Å². The predicted octanol–water partition coefficient (Wildman–Crippen LogP) is 1.78. The average Bonchev–Trinajstić information content (AvgIpc) is 2.54. The number of nitriles is 1. The summed E-state index contributed by atoms with van der Waals surface area (Å²) in [7, 11) is -3.91. The van der Waals surface area contributed by atoms with Crippen LogP contribution >= 0.6 is 0 Å². The summed E-state index contributed by atoms with van der Waals surface area (Å²) in [5, 5.41) is 11.3. The zero-order valence-electron chi connectivity index (χ0n) is 13.3. The molecule has 0 unspecified atom stereocenters. The molecular formula is C17H15N3O4S. The number of anilines is 1. The molecule has 0 aromatic heterocycles. The second-order valence-corrected chi connectivity index (χ2v) is 6.98. The van der Waals surface area contributed by atoms with E-state index in [2.05, 4.69) is 5.32 Å². The zero-order valence-corrected chi connectivity index (χ0v) is 14.1. The Balaban J connectivity index is 2.10. The molecule has 2 aromatic rings. The number of amides is 2. The van der Waals surface area contributed by atoms with E-state index in [4.69, 9.17) is 5.26 Å². The Morgan fingerprint density at radius 2 is 1.80 bits per heavy atom. The molecule has 8 heteroatoms. The summed E-state index contributed by atoms with van der Waals surface area (Å²) in [6, 6.07) is 13.9. The SMILES string of the molecule is CC(=O)Nc1cccc(C(=O)NS(=O)(=O)Cc2ccc(C#N)cc2)c1. The fraction of sp³-hybridized carbons (Fsp3) is 0.118. The van der Waals surface area contributed by atoms with Crippen LogP contribution in [-0.4, -0.2) is 20.2 Å². The molecule has 2 amide bonds. The molecule has 128 valence electrons. The van der Waals surface area contributed by atoms with Gasteiger partial charge in [0.05, 0.1) is 17.4 Å². The Hall–Kier alpha value is -3.18. The number of hydrogen-bond acceptors (Lipinski definition) is 5. The lowest BCUT2D eigenvalue weighted by atomic mass is 10.2. The first-order chi connectivity index (χ1) is 11.8. The maximum Gasteiger partial charge on any atom is 0.264 e. The number of carbonyl (C=O) groups excluding carboxylic acids is 2. The van der Waals surface area contributed by atoms with Crippen molar-refractivity contribution < 1.29 is 18.0 Å². The van der Waals surface area contributed by atoms with Gasteiger partial charge in [0.2, 0.25) is 15.9 Å². The van der Waals surface area contributed by atoms with E-state index in [1.807, 2.05) is 10.8 Å². The molecule has 2 N–H and O–H groups in total. The van der Waals surface area contributed by atoms with Crippen molar-refractivity contribution >= 4 is 27.5 Å². The maximum atomic E-state index is 12.1. The number of nitrogens with one attached hydrogen (secondary N) is 2. The van der Waals surface area contributed by atoms with E-state index in [9.17, 15) is 18.0 Å². The Bertz CT molecular complexity index is 945. The predicted molar refractivity (Wildman–Crippen MR) is 92.0 cm³/mol. The third-order valence-electron chi connectivity index (χ3n) is 3.13. The summed E-state index contributed by atoms with van der Waals surface area (Å²) in [6.45, 7) is 1.33. The molecule has 7 nitrogen and oxygen atoms in total. The number of hydrogen-bond donors (Lipinski definition) is 2. The molecule has 2 aromatic carbocycles. The van der Waals surface area contributed by atoms with Crippen LogP contribution in [0, 0.1) is 11.3 Å². The van der Waals surface area contributed by atoms with Crippen LogP contribution in [0.1, 0.15) is 28.4 Å². The van der Waals surface area contributed by atoms with Crippen molar-refractivity contribution in [3.8, 4) is 6.07 Å². The molecule has 0 fully saturated rings. The van der Waals surface area contributed by atoms with Gasteiger partial charge in [-0.2, -0.15) is 5.26 Å². The molecule has 0 heterocycles. The number of sulfonamides is 1. The summed E-state index contributed by atoms with van der Waals surface area (Å²) in [5.41, 5.74) is 1.37. The van der Waals surface area contributed by atoms with Crippen molar-refractivity contribution in [2.75, 3.05) is 5.32 Å². The number of benzene rings is 2. The number of carbonyl (C=O) groups is 2. The first kappa shape index (κ1) is 18.2. The van der Waals surface area contributed by atoms with Crippen LogP contribution in [0.15, 0.2) is 48.5 Å². The largest absolute Gasteiger partial charge is 0.326 e. The third-order valence-corrected chi connectivity index (χ3v) is 4.34. The first-order valence-electron chi connectivity index (χ1n) is 7.20. The summed E-state index contributed by atoms with van der Waals surface area (Å²) < 4.78 is 26.3. The molecule has 0 atom stereocenters. The Kier molecular flexibility index (Phi) is 5.52. The van der Waals surface area contributed by atoms with Gasteiger partial charge >= 0.3 is 0 Å². The minimum Gasteiger partial charge on any atom is -0.326 e. The molecule has 0 radical (unpaired) electrons. The van der Waals surface area contributed by atoms with Gasteiger partial charge in [-0.1, -0.05) is 18.2 Å². The van der Waals surface area contributed by atoms with Gasteiger partial charge in [0, 0.05) is 18.2 Å². The van der Waals surface area contributed by atoms with Crippen LogP contribution in [0.25, 0.3) is 0 Å². The van der Waals surface area contributed by atoms with Crippen LogP contribution in [0.2, 0.25) is 0 Å². The second kappa shape index (κ2) is 7.59. The van der Waals surface area contributed by atoms with Gasteiger partial charge < -0.3 is 5.32 Å². The standard InChI is InChI=1S/C17H15N3O4S/c1-12(21)19-16-4-2-3-15(9-16)17(22)20-25(23,24)11-14-7-5-13(10-18)6-8-14/h2-9H,11H2,1H3,(H,19,21)(H,20,22). The summed E-state index contributed by atoms with van der Waals surface area (Å²) in [5.74, 6) is -1.48. The molecule has 2 rings (SSSR count). The molecule has 0 saturated carbocycles. The highest BCUT2D eigenvalue weighted by atomic mass is 32.2. The van der Waals surface area contributed by atoms with Crippen molar-refractivity contribution in [2.24, 2.45) is 0 Å². The lowest BCUT2D eigenvalue weighted by Gasteiger charge is -2.08. The fourth-order valence-corrected chi connectivity index (χ4v) is 3.18. The highest BCUT2D eigenvalue weighted by Crippen LogP contribution is 2.12. The monoisotopic (exact) mass is 357 g/mol. The van der Waals surface area contributed by atoms with Crippen molar-refractivity contribution in [3.05, 3.63) is 65.2 Å². The van der Waals surface area contributed by atoms with Gasteiger partial charge in [-0.05, 0) is 35.9 Å². The van der Waals surface area contributed by atoms with E-state index in [1.165, 1.54) is 49.4 Å². The van der Waals surface area contributed by atoms with Gasteiger partial charge in [-0.3, -0.25) is 9.59 Å². The summed E-state index contributed by atoms with van der Waals surface area (Å²) >= 11 is 0. The van der Waals surface area contributed by atoms with E-state index >= 15 is 0 Å². The summed E-state index contributed by atoms with van der Waals surface area (Å²) in [4.78, 5) is 23.2. The molecule has 0 bridgehead atoms. The fourth-order valence-electron chi connectivity index (χ4n) is 2.07. The van der Waals surface area contributed by atoms with Gasteiger partial charge in [-0.15, -0.1) is 0 Å². The zero-order chi connectivity index (χ0) is 18.4. The second-order valence-electron chi connectivity index (χ2n) is 5.26. The topological polar surface area (TPSA) is 116 Å². The van der Waals surface area contributed by atoms with Crippen LogP contribution in [-0.2, 0) is 20.6 Å². The quantitative estimate of drug-likeness (QED) is 0.846. The minimum absolute atomic E-state index is 0.106. The third kappa shape index (κ3) is 5.44. The van der Waals surface area contributed by atoms with Crippen molar-refractivity contribution in [1.29, 1.82) is 5.26 Å². The lowest BCUT2D eigenvalue weighted by Crippen LogP contribution is -2.31. The summed E-state index contributed by atoms with van der Waals surface area (Å²) in [6.07, 6.45) is 0. The number of nitrogens with zero attached hydrogens (tertiary/aromatic N) is 1. The van der Waals surface area contributed by atoms with Crippen LogP contribution < -0.4 is 10.0 Å². The average molecular weight is 357 g/mol.